The van der Waals surface area contributed by atoms with Crippen molar-refractivity contribution in [3.05, 3.63) is 100 Å². The number of carbonyl (C=O) groups is 2. The second-order valence-corrected chi connectivity index (χ2v) is 10.2. The summed E-state index contributed by atoms with van der Waals surface area (Å²) in [7, 11) is 0. The van der Waals surface area contributed by atoms with Gasteiger partial charge >= 0.3 is 0 Å². The third kappa shape index (κ3) is 5.11. The number of anilines is 1. The van der Waals surface area contributed by atoms with Crippen molar-refractivity contribution >= 4 is 34.4 Å². The van der Waals surface area contributed by atoms with Crippen molar-refractivity contribution in [1.82, 2.24) is 19.7 Å². The number of benzene rings is 2. The molecule has 0 unspecified atom stereocenters. The van der Waals surface area contributed by atoms with Crippen LogP contribution in [0, 0.1) is 6.92 Å². The lowest BCUT2D eigenvalue weighted by molar-refractivity contribution is 0.0712. The minimum atomic E-state index is -0.227. The number of amides is 2. The number of aromatic nitrogens is 3. The molecule has 4 aromatic rings. The summed E-state index contributed by atoms with van der Waals surface area (Å²) >= 11 is 1.51. The van der Waals surface area contributed by atoms with Gasteiger partial charge in [0.05, 0.1) is 28.1 Å². The lowest BCUT2D eigenvalue weighted by Crippen LogP contribution is -2.38. The Morgan fingerprint density at radius 3 is 2.46 bits per heavy atom. The molecular weight excluding hydrogens is 482 g/mol. The first kappa shape index (κ1) is 24.6. The zero-order chi connectivity index (χ0) is 25.9. The number of piperidine rings is 1. The average Bonchev–Trinajstić information content (AvgIpc) is 3.56. The van der Waals surface area contributed by atoms with E-state index in [1.54, 1.807) is 10.9 Å². The summed E-state index contributed by atoms with van der Waals surface area (Å²) in [5.74, 6) is 0.00896. The van der Waals surface area contributed by atoms with E-state index in [0.29, 0.717) is 24.3 Å². The largest absolute Gasteiger partial charge is 0.338 e. The van der Waals surface area contributed by atoms with Gasteiger partial charge in [0.25, 0.3) is 11.8 Å². The highest BCUT2D eigenvalue weighted by atomic mass is 32.1. The standard InChI is InChI=1S/C29H29N5O2S/c1-19(2)23-11-7-8-12-25(23)31-27(35)26-18-37-28(32-26)21-13-15-33(16-14-21)29(36)24-17-30-34(20(24)3)22-9-5-4-6-10-22/h4-12,17-18,21H,1,13-16H2,2-3H3,(H,31,35). The molecule has 5 rings (SSSR count). The second-order valence-electron chi connectivity index (χ2n) is 9.31. The van der Waals surface area contributed by atoms with Crippen LogP contribution in [0.4, 0.5) is 5.69 Å². The molecule has 1 saturated heterocycles. The third-order valence-electron chi connectivity index (χ3n) is 6.76. The van der Waals surface area contributed by atoms with Crippen LogP contribution >= 0.6 is 11.3 Å². The molecule has 0 radical (unpaired) electrons. The number of carbonyl (C=O) groups excluding carboxylic acids is 2. The van der Waals surface area contributed by atoms with E-state index in [1.807, 2.05) is 78.7 Å². The van der Waals surface area contributed by atoms with Crippen LogP contribution in [-0.2, 0) is 0 Å². The van der Waals surface area contributed by atoms with Crippen LogP contribution in [0.1, 0.15) is 62.8 Å². The molecule has 0 bridgehead atoms. The van der Waals surface area contributed by atoms with Gasteiger partial charge in [0.2, 0.25) is 0 Å². The SMILES string of the molecule is C=C(C)c1ccccc1NC(=O)c1csc(C2CCN(C(=O)c3cnn(-c4ccccc4)c3C)CC2)n1. The van der Waals surface area contributed by atoms with E-state index in [1.165, 1.54) is 11.3 Å². The van der Waals surface area contributed by atoms with Crippen molar-refractivity contribution in [1.29, 1.82) is 0 Å². The molecule has 2 aromatic carbocycles. The topological polar surface area (TPSA) is 80.1 Å². The van der Waals surface area contributed by atoms with Gasteiger partial charge in [-0.25, -0.2) is 9.67 Å². The normalized spacial score (nSPS) is 13.9. The van der Waals surface area contributed by atoms with Crippen molar-refractivity contribution in [2.45, 2.75) is 32.6 Å². The van der Waals surface area contributed by atoms with Crippen molar-refractivity contribution in [2.75, 3.05) is 18.4 Å². The summed E-state index contributed by atoms with van der Waals surface area (Å²) in [6, 6.07) is 17.4. The molecule has 0 saturated carbocycles. The molecule has 2 aromatic heterocycles. The predicted molar refractivity (Wildman–Crippen MR) is 147 cm³/mol. The average molecular weight is 512 g/mol. The van der Waals surface area contributed by atoms with E-state index in [9.17, 15) is 9.59 Å². The summed E-state index contributed by atoms with van der Waals surface area (Å²) in [5.41, 5.74) is 5.34. The molecule has 8 heteroatoms. The number of allylic oxidation sites excluding steroid dienone is 1. The number of nitrogens with zero attached hydrogens (tertiary/aromatic N) is 4. The third-order valence-corrected chi connectivity index (χ3v) is 7.77. The smallest absolute Gasteiger partial charge is 0.275 e. The van der Waals surface area contributed by atoms with Crippen LogP contribution in [0.2, 0.25) is 0 Å². The lowest BCUT2D eigenvalue weighted by atomic mass is 9.97. The number of rotatable bonds is 6. The molecule has 1 N–H and O–H groups in total. The fourth-order valence-corrected chi connectivity index (χ4v) is 5.65. The summed E-state index contributed by atoms with van der Waals surface area (Å²) in [4.78, 5) is 32.7. The number of hydrogen-bond acceptors (Lipinski definition) is 5. The molecule has 0 atom stereocenters. The molecule has 1 aliphatic heterocycles. The summed E-state index contributed by atoms with van der Waals surface area (Å²) in [6.07, 6.45) is 3.28. The van der Waals surface area contributed by atoms with Crippen molar-refractivity contribution < 1.29 is 9.59 Å². The number of para-hydroxylation sites is 2. The van der Waals surface area contributed by atoms with Gasteiger partial charge in [-0.3, -0.25) is 9.59 Å². The van der Waals surface area contributed by atoms with Gasteiger partial charge in [0.1, 0.15) is 5.69 Å². The first-order chi connectivity index (χ1) is 17.9. The zero-order valence-electron chi connectivity index (χ0n) is 21.0. The highest BCUT2D eigenvalue weighted by Crippen LogP contribution is 2.32. The van der Waals surface area contributed by atoms with Crippen LogP contribution in [0.25, 0.3) is 11.3 Å². The maximum Gasteiger partial charge on any atom is 0.275 e. The highest BCUT2D eigenvalue weighted by molar-refractivity contribution is 7.10. The van der Waals surface area contributed by atoms with Gasteiger partial charge in [-0.05, 0) is 50.5 Å². The maximum absolute atomic E-state index is 13.3. The quantitative estimate of drug-likeness (QED) is 0.347. The Morgan fingerprint density at radius 1 is 1.03 bits per heavy atom. The Balaban J connectivity index is 1.21. The number of likely N-dealkylation sites (tertiary alicyclic amines) is 1. The Bertz CT molecular complexity index is 1450. The summed E-state index contributed by atoms with van der Waals surface area (Å²) in [5, 5.41) is 10.2. The highest BCUT2D eigenvalue weighted by Gasteiger charge is 2.28. The summed E-state index contributed by atoms with van der Waals surface area (Å²) in [6.45, 7) is 9.13. The van der Waals surface area contributed by atoms with Crippen molar-refractivity contribution in [3.63, 3.8) is 0 Å². The second kappa shape index (κ2) is 10.5. The Hall–Kier alpha value is -4.04. The molecule has 0 spiro atoms. The van der Waals surface area contributed by atoms with E-state index in [-0.39, 0.29) is 17.7 Å². The molecule has 2 amide bonds. The summed E-state index contributed by atoms with van der Waals surface area (Å²) < 4.78 is 1.80. The minimum absolute atomic E-state index is 0.00788. The van der Waals surface area contributed by atoms with E-state index in [4.69, 9.17) is 0 Å². The molecule has 0 aliphatic carbocycles. The van der Waals surface area contributed by atoms with E-state index < -0.39 is 0 Å². The molecule has 7 nitrogen and oxygen atoms in total. The zero-order valence-corrected chi connectivity index (χ0v) is 21.8. The Kier molecular flexibility index (Phi) is 7.01. The minimum Gasteiger partial charge on any atom is -0.338 e. The van der Waals surface area contributed by atoms with E-state index in [0.717, 1.165) is 46.1 Å². The molecular formula is C29H29N5O2S. The van der Waals surface area contributed by atoms with Crippen LogP contribution in [0.3, 0.4) is 0 Å². The van der Waals surface area contributed by atoms with Crippen molar-refractivity contribution in [3.8, 4) is 5.69 Å². The predicted octanol–water partition coefficient (Wildman–Crippen LogP) is 5.94. The Labute approximate surface area is 220 Å². The first-order valence-corrected chi connectivity index (χ1v) is 13.2. The molecule has 1 fully saturated rings. The van der Waals surface area contributed by atoms with Crippen LogP contribution in [0.5, 0.6) is 0 Å². The monoisotopic (exact) mass is 511 g/mol. The lowest BCUT2D eigenvalue weighted by Gasteiger charge is -2.31. The fraction of sp³-hybridized carbons (Fsp3) is 0.241. The molecule has 37 heavy (non-hydrogen) atoms. The van der Waals surface area contributed by atoms with Crippen LogP contribution < -0.4 is 5.32 Å². The van der Waals surface area contributed by atoms with Crippen LogP contribution in [-0.4, -0.2) is 44.6 Å². The molecule has 188 valence electrons. The maximum atomic E-state index is 13.3. The van der Waals surface area contributed by atoms with Gasteiger partial charge in [-0.2, -0.15) is 5.10 Å². The molecule has 3 heterocycles. The number of thiazole rings is 1. The van der Waals surface area contributed by atoms with Crippen LogP contribution in [0.15, 0.2) is 72.8 Å². The first-order valence-electron chi connectivity index (χ1n) is 12.3. The van der Waals surface area contributed by atoms with Gasteiger partial charge in [-0.15, -0.1) is 11.3 Å². The number of nitrogens with one attached hydrogen (secondary N) is 1. The van der Waals surface area contributed by atoms with Gasteiger partial charge in [0, 0.05) is 35.6 Å². The fourth-order valence-electron chi connectivity index (χ4n) is 4.68. The van der Waals surface area contributed by atoms with Crippen molar-refractivity contribution in [2.24, 2.45) is 0 Å². The number of hydrogen-bond donors (Lipinski definition) is 1. The van der Waals surface area contributed by atoms with Gasteiger partial charge < -0.3 is 10.2 Å². The Morgan fingerprint density at radius 2 is 1.73 bits per heavy atom. The van der Waals surface area contributed by atoms with Gasteiger partial charge in [-0.1, -0.05) is 43.0 Å². The molecule has 1 aliphatic rings. The van der Waals surface area contributed by atoms with Gasteiger partial charge in [0.15, 0.2) is 0 Å². The van der Waals surface area contributed by atoms with E-state index in [2.05, 4.69) is 22.0 Å². The van der Waals surface area contributed by atoms with E-state index >= 15 is 0 Å².